The molecule has 1 aliphatic rings. The Morgan fingerprint density at radius 3 is 2.91 bits per heavy atom. The molecule has 1 saturated heterocycles. The Labute approximate surface area is 135 Å². The SMILES string of the molecule is Cc1cnc2c(S(=O)(=O)N3CCCC(C(N)=O)C3)cccc2c1. The standard InChI is InChI=1S/C16H19N3O3S/c1-11-8-12-4-2-6-14(15(12)18-9-11)23(21,22)19-7-3-5-13(10-19)16(17)20/h2,4,6,8-9,13H,3,5,7,10H2,1H3,(H2,17,20). The molecular weight excluding hydrogens is 314 g/mol. The summed E-state index contributed by atoms with van der Waals surface area (Å²) in [5, 5.41) is 0.787. The summed E-state index contributed by atoms with van der Waals surface area (Å²) in [6, 6.07) is 7.03. The van der Waals surface area contributed by atoms with E-state index in [4.69, 9.17) is 5.73 Å². The Kier molecular flexibility index (Phi) is 4.08. The van der Waals surface area contributed by atoms with Crippen molar-refractivity contribution >= 4 is 26.8 Å². The van der Waals surface area contributed by atoms with E-state index in [0.717, 1.165) is 10.9 Å². The van der Waals surface area contributed by atoms with Crippen molar-refractivity contribution in [2.45, 2.75) is 24.7 Å². The van der Waals surface area contributed by atoms with E-state index in [0.29, 0.717) is 24.9 Å². The van der Waals surface area contributed by atoms with Gasteiger partial charge in [0.05, 0.1) is 11.4 Å². The van der Waals surface area contributed by atoms with Crippen molar-refractivity contribution in [3.8, 4) is 0 Å². The second-order valence-corrected chi connectivity index (χ2v) is 7.85. The van der Waals surface area contributed by atoms with E-state index in [-0.39, 0.29) is 11.4 Å². The number of pyridine rings is 1. The second-order valence-electron chi connectivity index (χ2n) is 5.95. The lowest BCUT2D eigenvalue weighted by Gasteiger charge is -2.30. The summed E-state index contributed by atoms with van der Waals surface area (Å²) in [4.78, 5) is 15.9. The number of piperidine rings is 1. The summed E-state index contributed by atoms with van der Waals surface area (Å²) in [5.41, 5.74) is 6.77. The van der Waals surface area contributed by atoms with Crippen molar-refractivity contribution in [3.63, 3.8) is 0 Å². The van der Waals surface area contributed by atoms with Crippen LogP contribution >= 0.6 is 0 Å². The fraction of sp³-hybridized carbons (Fsp3) is 0.375. The molecule has 1 unspecified atom stereocenters. The third-order valence-electron chi connectivity index (χ3n) is 4.21. The first-order valence-corrected chi connectivity index (χ1v) is 8.98. The number of nitrogens with two attached hydrogens (primary N) is 1. The van der Waals surface area contributed by atoms with Gasteiger partial charge in [-0.15, -0.1) is 0 Å². The zero-order valence-electron chi connectivity index (χ0n) is 12.9. The normalized spacial score (nSPS) is 19.8. The lowest BCUT2D eigenvalue weighted by atomic mass is 9.99. The Morgan fingerprint density at radius 2 is 2.17 bits per heavy atom. The first-order valence-electron chi connectivity index (χ1n) is 7.54. The summed E-state index contributed by atoms with van der Waals surface area (Å²) in [5.74, 6) is -0.875. The van der Waals surface area contributed by atoms with Crippen LogP contribution in [0.15, 0.2) is 35.4 Å². The zero-order chi connectivity index (χ0) is 16.6. The number of fused-ring (bicyclic) bond motifs is 1. The van der Waals surface area contributed by atoms with E-state index in [1.54, 1.807) is 18.3 Å². The summed E-state index contributed by atoms with van der Waals surface area (Å²) < 4.78 is 27.3. The summed E-state index contributed by atoms with van der Waals surface area (Å²) in [7, 11) is -3.70. The highest BCUT2D eigenvalue weighted by molar-refractivity contribution is 7.89. The molecule has 0 aliphatic carbocycles. The summed E-state index contributed by atoms with van der Waals surface area (Å²) in [6.07, 6.45) is 2.92. The molecule has 1 atom stereocenters. The molecule has 0 spiro atoms. The van der Waals surface area contributed by atoms with E-state index < -0.39 is 21.8 Å². The monoisotopic (exact) mass is 333 g/mol. The number of rotatable bonds is 3. The molecule has 1 amide bonds. The molecular formula is C16H19N3O3S. The third kappa shape index (κ3) is 2.94. The van der Waals surface area contributed by atoms with Crippen LogP contribution in [0.3, 0.4) is 0 Å². The number of aromatic nitrogens is 1. The lowest BCUT2D eigenvalue weighted by molar-refractivity contribution is -0.122. The van der Waals surface area contributed by atoms with Gasteiger partial charge < -0.3 is 5.73 Å². The number of carbonyl (C=O) groups excluding carboxylic acids is 1. The molecule has 1 fully saturated rings. The molecule has 1 aromatic heterocycles. The quantitative estimate of drug-likeness (QED) is 0.919. The Bertz CT molecular complexity index is 864. The number of hydrogen-bond donors (Lipinski definition) is 1. The van der Waals surface area contributed by atoms with Gasteiger partial charge in [0.15, 0.2) is 0 Å². The van der Waals surface area contributed by atoms with E-state index in [1.165, 1.54) is 4.31 Å². The predicted molar refractivity (Wildman–Crippen MR) is 87.2 cm³/mol. The van der Waals surface area contributed by atoms with Gasteiger partial charge in [0, 0.05) is 24.7 Å². The highest BCUT2D eigenvalue weighted by atomic mass is 32.2. The molecule has 0 radical (unpaired) electrons. The van der Waals surface area contributed by atoms with Gasteiger partial charge in [0.2, 0.25) is 15.9 Å². The Balaban J connectivity index is 2.04. The summed E-state index contributed by atoms with van der Waals surface area (Å²) >= 11 is 0. The Hall–Kier alpha value is -1.99. The second kappa shape index (κ2) is 5.90. The van der Waals surface area contributed by atoms with Crippen molar-refractivity contribution in [3.05, 3.63) is 36.0 Å². The highest BCUT2D eigenvalue weighted by Crippen LogP contribution is 2.28. The van der Waals surface area contributed by atoms with E-state index >= 15 is 0 Å². The molecule has 0 saturated carbocycles. The first kappa shape index (κ1) is 15.9. The van der Waals surface area contributed by atoms with Crippen LogP contribution in [0.2, 0.25) is 0 Å². The van der Waals surface area contributed by atoms with Crippen LogP contribution in [0.4, 0.5) is 0 Å². The number of hydrogen-bond acceptors (Lipinski definition) is 4. The minimum Gasteiger partial charge on any atom is -0.369 e. The number of carbonyl (C=O) groups is 1. The molecule has 0 bridgehead atoms. The minimum absolute atomic E-state index is 0.139. The maximum absolute atomic E-state index is 13.0. The van der Waals surface area contributed by atoms with Crippen molar-refractivity contribution in [1.82, 2.24) is 9.29 Å². The number of sulfonamides is 1. The third-order valence-corrected chi connectivity index (χ3v) is 6.11. The largest absolute Gasteiger partial charge is 0.369 e. The molecule has 6 nitrogen and oxygen atoms in total. The van der Waals surface area contributed by atoms with E-state index in [9.17, 15) is 13.2 Å². The van der Waals surface area contributed by atoms with Gasteiger partial charge in [0.25, 0.3) is 0 Å². The molecule has 2 heterocycles. The number of benzene rings is 1. The van der Waals surface area contributed by atoms with Crippen LogP contribution in [0, 0.1) is 12.8 Å². The predicted octanol–water partition coefficient (Wildman–Crippen LogP) is 1.43. The number of primary amides is 1. The van der Waals surface area contributed by atoms with Crippen LogP contribution in [-0.4, -0.2) is 36.7 Å². The fourth-order valence-electron chi connectivity index (χ4n) is 2.98. The maximum atomic E-state index is 13.0. The van der Waals surface area contributed by atoms with Crippen molar-refractivity contribution < 1.29 is 13.2 Å². The van der Waals surface area contributed by atoms with Crippen LogP contribution in [0.5, 0.6) is 0 Å². The van der Waals surface area contributed by atoms with Gasteiger partial charge in [-0.3, -0.25) is 9.78 Å². The molecule has 1 aromatic carbocycles. The number of nitrogens with zero attached hydrogens (tertiary/aromatic N) is 2. The van der Waals surface area contributed by atoms with Crippen LogP contribution in [0.1, 0.15) is 18.4 Å². The van der Waals surface area contributed by atoms with E-state index in [1.807, 2.05) is 19.1 Å². The van der Waals surface area contributed by atoms with Gasteiger partial charge in [-0.05, 0) is 37.5 Å². The van der Waals surface area contributed by atoms with Crippen LogP contribution in [0.25, 0.3) is 10.9 Å². The average Bonchev–Trinajstić information content (AvgIpc) is 2.54. The van der Waals surface area contributed by atoms with Crippen molar-refractivity contribution in [2.75, 3.05) is 13.1 Å². The smallest absolute Gasteiger partial charge is 0.245 e. The highest BCUT2D eigenvalue weighted by Gasteiger charge is 2.33. The minimum atomic E-state index is -3.70. The molecule has 122 valence electrons. The number of aryl methyl sites for hydroxylation is 1. The number of para-hydroxylation sites is 1. The van der Waals surface area contributed by atoms with Crippen molar-refractivity contribution in [1.29, 1.82) is 0 Å². The lowest BCUT2D eigenvalue weighted by Crippen LogP contribution is -2.44. The van der Waals surface area contributed by atoms with Crippen LogP contribution < -0.4 is 5.73 Å². The first-order chi connectivity index (χ1) is 10.9. The Morgan fingerprint density at radius 1 is 1.39 bits per heavy atom. The zero-order valence-corrected chi connectivity index (χ0v) is 13.7. The molecule has 3 rings (SSSR count). The molecule has 2 aromatic rings. The van der Waals surface area contributed by atoms with E-state index in [2.05, 4.69) is 4.98 Å². The molecule has 23 heavy (non-hydrogen) atoms. The van der Waals surface area contributed by atoms with Gasteiger partial charge in [-0.2, -0.15) is 4.31 Å². The van der Waals surface area contributed by atoms with Crippen LogP contribution in [-0.2, 0) is 14.8 Å². The summed E-state index contributed by atoms with van der Waals surface area (Å²) in [6.45, 7) is 2.45. The van der Waals surface area contributed by atoms with Gasteiger partial charge in [-0.25, -0.2) is 8.42 Å². The molecule has 2 N–H and O–H groups in total. The average molecular weight is 333 g/mol. The molecule has 7 heteroatoms. The fourth-order valence-corrected chi connectivity index (χ4v) is 4.67. The van der Waals surface area contributed by atoms with Gasteiger partial charge in [0.1, 0.15) is 4.90 Å². The van der Waals surface area contributed by atoms with Crippen molar-refractivity contribution in [2.24, 2.45) is 11.7 Å². The topological polar surface area (TPSA) is 93.4 Å². The maximum Gasteiger partial charge on any atom is 0.245 e. The molecule has 1 aliphatic heterocycles. The van der Waals surface area contributed by atoms with Gasteiger partial charge >= 0.3 is 0 Å². The number of amides is 1. The van der Waals surface area contributed by atoms with Gasteiger partial charge in [-0.1, -0.05) is 12.1 Å².